The SMILES string of the molecule is Cn1cc([C@H]2CNC[C@@H]2C(=O)Nc2ccccc2OC2CCCC2)cn1. The molecule has 1 saturated heterocycles. The molecule has 6 nitrogen and oxygen atoms in total. The molecular formula is C20H26N4O2. The van der Waals surface area contributed by atoms with Crippen LogP contribution in [0.3, 0.4) is 0 Å². The van der Waals surface area contributed by atoms with Crippen molar-refractivity contribution < 1.29 is 9.53 Å². The first-order valence-corrected chi connectivity index (χ1v) is 9.46. The van der Waals surface area contributed by atoms with Crippen molar-refractivity contribution in [2.24, 2.45) is 13.0 Å². The monoisotopic (exact) mass is 354 g/mol. The number of benzene rings is 1. The second kappa shape index (κ2) is 7.50. The van der Waals surface area contributed by atoms with E-state index in [2.05, 4.69) is 15.7 Å². The van der Waals surface area contributed by atoms with Gasteiger partial charge in [-0.15, -0.1) is 0 Å². The Morgan fingerprint density at radius 2 is 2.08 bits per heavy atom. The Hall–Kier alpha value is -2.34. The molecule has 2 aromatic rings. The molecule has 2 atom stereocenters. The maximum absolute atomic E-state index is 13.0. The second-order valence-electron chi connectivity index (χ2n) is 7.33. The van der Waals surface area contributed by atoms with E-state index in [1.165, 1.54) is 12.8 Å². The van der Waals surface area contributed by atoms with Crippen molar-refractivity contribution in [3.8, 4) is 5.75 Å². The standard InChI is InChI=1S/C20H26N4O2/c1-24-13-14(10-22-24)16-11-21-12-17(16)20(25)23-18-8-4-5-9-19(18)26-15-6-2-3-7-15/h4-5,8-10,13,15-17,21H,2-3,6-7,11-12H2,1H3,(H,23,25)/t16-,17+/m1/s1. The number of aryl methyl sites for hydroxylation is 1. The summed E-state index contributed by atoms with van der Waals surface area (Å²) in [5.41, 5.74) is 1.87. The quantitative estimate of drug-likeness (QED) is 0.866. The van der Waals surface area contributed by atoms with Crippen molar-refractivity contribution in [1.29, 1.82) is 0 Å². The van der Waals surface area contributed by atoms with Crippen molar-refractivity contribution in [3.63, 3.8) is 0 Å². The highest BCUT2D eigenvalue weighted by atomic mass is 16.5. The Bertz CT molecular complexity index is 767. The third kappa shape index (κ3) is 3.60. The van der Waals surface area contributed by atoms with Crippen LogP contribution in [0.4, 0.5) is 5.69 Å². The first kappa shape index (κ1) is 17.1. The summed E-state index contributed by atoms with van der Waals surface area (Å²) in [5.74, 6) is 0.841. The van der Waals surface area contributed by atoms with Gasteiger partial charge in [-0.3, -0.25) is 9.48 Å². The zero-order valence-corrected chi connectivity index (χ0v) is 15.1. The summed E-state index contributed by atoms with van der Waals surface area (Å²) in [6.07, 6.45) is 8.75. The van der Waals surface area contributed by atoms with Crippen molar-refractivity contribution in [3.05, 3.63) is 42.2 Å². The molecule has 0 spiro atoms. The highest BCUT2D eigenvalue weighted by molar-refractivity contribution is 5.95. The fourth-order valence-electron chi connectivity index (χ4n) is 4.02. The van der Waals surface area contributed by atoms with Crippen LogP contribution in [-0.2, 0) is 11.8 Å². The summed E-state index contributed by atoms with van der Waals surface area (Å²) < 4.78 is 7.93. The summed E-state index contributed by atoms with van der Waals surface area (Å²) in [4.78, 5) is 13.0. The zero-order chi connectivity index (χ0) is 17.9. The Labute approximate surface area is 153 Å². The van der Waals surface area contributed by atoms with Gasteiger partial charge in [-0.25, -0.2) is 0 Å². The maximum atomic E-state index is 13.0. The lowest BCUT2D eigenvalue weighted by atomic mass is 9.90. The van der Waals surface area contributed by atoms with E-state index in [9.17, 15) is 4.79 Å². The van der Waals surface area contributed by atoms with Crippen molar-refractivity contribution in [2.45, 2.75) is 37.7 Å². The number of hydrogen-bond donors (Lipinski definition) is 2. The number of carbonyl (C=O) groups excluding carboxylic acids is 1. The first-order valence-electron chi connectivity index (χ1n) is 9.46. The fourth-order valence-corrected chi connectivity index (χ4v) is 4.02. The number of nitrogens with zero attached hydrogens (tertiary/aromatic N) is 2. The van der Waals surface area contributed by atoms with Crippen LogP contribution < -0.4 is 15.4 Å². The van der Waals surface area contributed by atoms with Crippen LogP contribution in [0.25, 0.3) is 0 Å². The molecule has 1 aliphatic carbocycles. The highest BCUT2D eigenvalue weighted by Crippen LogP contribution is 2.32. The average Bonchev–Trinajstić information content (AvgIpc) is 3.37. The molecule has 4 rings (SSSR count). The number of rotatable bonds is 5. The van der Waals surface area contributed by atoms with Gasteiger partial charge in [-0.1, -0.05) is 12.1 Å². The molecule has 0 unspecified atom stereocenters. The van der Waals surface area contributed by atoms with Gasteiger partial charge in [0.05, 0.1) is 23.9 Å². The molecule has 0 radical (unpaired) electrons. The minimum atomic E-state index is -0.112. The molecule has 6 heteroatoms. The number of carbonyl (C=O) groups is 1. The van der Waals surface area contributed by atoms with Crippen LogP contribution in [0.1, 0.15) is 37.2 Å². The van der Waals surface area contributed by atoms with Crippen LogP contribution in [-0.4, -0.2) is 34.9 Å². The van der Waals surface area contributed by atoms with Crippen LogP contribution in [0.5, 0.6) is 5.75 Å². The van der Waals surface area contributed by atoms with Gasteiger partial charge in [0.25, 0.3) is 0 Å². The van der Waals surface area contributed by atoms with Gasteiger partial charge in [-0.2, -0.15) is 5.10 Å². The predicted molar refractivity (Wildman–Crippen MR) is 100 cm³/mol. The fraction of sp³-hybridized carbons (Fsp3) is 0.500. The Kier molecular flexibility index (Phi) is 4.93. The number of amides is 1. The molecule has 1 aromatic carbocycles. The highest BCUT2D eigenvalue weighted by Gasteiger charge is 2.35. The van der Waals surface area contributed by atoms with Gasteiger partial charge < -0.3 is 15.4 Å². The van der Waals surface area contributed by atoms with Crippen molar-refractivity contribution in [1.82, 2.24) is 15.1 Å². The molecule has 2 heterocycles. The summed E-state index contributed by atoms with van der Waals surface area (Å²) in [6.45, 7) is 1.47. The summed E-state index contributed by atoms with van der Waals surface area (Å²) >= 11 is 0. The third-order valence-corrected chi connectivity index (χ3v) is 5.44. The van der Waals surface area contributed by atoms with E-state index in [0.29, 0.717) is 6.54 Å². The zero-order valence-electron chi connectivity index (χ0n) is 15.1. The number of hydrogen-bond acceptors (Lipinski definition) is 4. The van der Waals surface area contributed by atoms with Crippen LogP contribution in [0.2, 0.25) is 0 Å². The Balaban J connectivity index is 1.47. The molecule has 2 fully saturated rings. The van der Waals surface area contributed by atoms with E-state index in [4.69, 9.17) is 4.74 Å². The lowest BCUT2D eigenvalue weighted by Gasteiger charge is -2.20. The molecule has 1 aliphatic heterocycles. The summed E-state index contributed by atoms with van der Waals surface area (Å²) in [7, 11) is 1.90. The smallest absolute Gasteiger partial charge is 0.229 e. The molecule has 26 heavy (non-hydrogen) atoms. The van der Waals surface area contributed by atoms with Crippen molar-refractivity contribution in [2.75, 3.05) is 18.4 Å². The molecule has 2 aliphatic rings. The van der Waals surface area contributed by atoms with Crippen LogP contribution in [0, 0.1) is 5.92 Å². The van der Waals surface area contributed by atoms with Gasteiger partial charge in [0, 0.05) is 32.3 Å². The molecule has 1 saturated carbocycles. The molecule has 2 N–H and O–H groups in total. The number of para-hydroxylation sites is 2. The average molecular weight is 354 g/mol. The van der Waals surface area contributed by atoms with E-state index in [1.54, 1.807) is 4.68 Å². The summed E-state index contributed by atoms with van der Waals surface area (Å²) in [5, 5.41) is 10.7. The Morgan fingerprint density at radius 1 is 1.27 bits per heavy atom. The van der Waals surface area contributed by atoms with E-state index in [1.807, 2.05) is 43.7 Å². The van der Waals surface area contributed by atoms with Crippen LogP contribution >= 0.6 is 0 Å². The molecule has 1 amide bonds. The lowest BCUT2D eigenvalue weighted by Crippen LogP contribution is -2.28. The number of ether oxygens (including phenoxy) is 1. The third-order valence-electron chi connectivity index (χ3n) is 5.44. The number of nitrogens with one attached hydrogen (secondary N) is 2. The van der Waals surface area contributed by atoms with Gasteiger partial charge in [0.15, 0.2) is 0 Å². The largest absolute Gasteiger partial charge is 0.488 e. The number of anilines is 1. The van der Waals surface area contributed by atoms with E-state index in [0.717, 1.165) is 36.4 Å². The van der Waals surface area contributed by atoms with Gasteiger partial charge in [-0.05, 0) is 43.4 Å². The van der Waals surface area contributed by atoms with Crippen LogP contribution in [0.15, 0.2) is 36.7 Å². The second-order valence-corrected chi connectivity index (χ2v) is 7.33. The minimum Gasteiger partial charge on any atom is -0.488 e. The first-order chi connectivity index (χ1) is 12.7. The number of aromatic nitrogens is 2. The topological polar surface area (TPSA) is 68.2 Å². The maximum Gasteiger partial charge on any atom is 0.229 e. The predicted octanol–water partition coefficient (Wildman–Crippen LogP) is 2.68. The summed E-state index contributed by atoms with van der Waals surface area (Å²) in [6, 6.07) is 7.75. The molecule has 0 bridgehead atoms. The Morgan fingerprint density at radius 3 is 2.85 bits per heavy atom. The normalized spacial score (nSPS) is 23.3. The van der Waals surface area contributed by atoms with E-state index < -0.39 is 0 Å². The van der Waals surface area contributed by atoms with Gasteiger partial charge in [0.2, 0.25) is 5.91 Å². The van der Waals surface area contributed by atoms with E-state index in [-0.39, 0.29) is 23.8 Å². The van der Waals surface area contributed by atoms with Gasteiger partial charge >= 0.3 is 0 Å². The minimum absolute atomic E-state index is 0.0336. The van der Waals surface area contributed by atoms with E-state index >= 15 is 0 Å². The molecule has 1 aromatic heterocycles. The molecular weight excluding hydrogens is 328 g/mol. The van der Waals surface area contributed by atoms with Gasteiger partial charge in [0.1, 0.15) is 5.75 Å². The van der Waals surface area contributed by atoms with Crippen molar-refractivity contribution >= 4 is 11.6 Å². The lowest BCUT2D eigenvalue weighted by molar-refractivity contribution is -0.119. The molecule has 138 valence electrons.